The third-order valence-electron chi connectivity index (χ3n) is 6.68. The molecule has 0 amide bonds. The summed E-state index contributed by atoms with van der Waals surface area (Å²) in [5.74, 6) is -6.71. The lowest BCUT2D eigenvalue weighted by Gasteiger charge is -2.28. The molecule has 0 unspecified atom stereocenters. The number of methoxy groups -OCH3 is 1. The van der Waals surface area contributed by atoms with Gasteiger partial charge in [-0.2, -0.15) is 8.78 Å². The average Bonchev–Trinajstić information content (AvgIpc) is 2.82. The number of halogens is 6. The SMILES string of the molecule is CCCC[C@H]1CC[C@H](CCc2ccc(-c3c(F)c(OC(F)(F)F)c(F)c(F)c3OC)cc2)CC1. The summed E-state index contributed by atoms with van der Waals surface area (Å²) in [6.07, 6.45) is 5.22. The first-order valence-corrected chi connectivity index (χ1v) is 11.7. The molecule has 0 spiro atoms. The Morgan fingerprint density at radius 2 is 1.38 bits per heavy atom. The molecule has 0 aromatic heterocycles. The first kappa shape index (κ1) is 26.2. The van der Waals surface area contributed by atoms with Crippen molar-refractivity contribution in [3.8, 4) is 22.6 Å². The lowest BCUT2D eigenvalue weighted by atomic mass is 9.78. The lowest BCUT2D eigenvalue weighted by Crippen LogP contribution is -2.20. The zero-order valence-electron chi connectivity index (χ0n) is 19.4. The summed E-state index contributed by atoms with van der Waals surface area (Å²) in [5.41, 5.74) is 0.406. The van der Waals surface area contributed by atoms with E-state index in [9.17, 15) is 26.3 Å². The van der Waals surface area contributed by atoms with Crippen LogP contribution in [0.4, 0.5) is 26.3 Å². The maximum atomic E-state index is 14.9. The molecule has 2 aromatic rings. The normalized spacial score (nSPS) is 18.7. The summed E-state index contributed by atoms with van der Waals surface area (Å²) in [5, 5.41) is 0. The molecule has 0 radical (unpaired) electrons. The molecule has 2 aromatic carbocycles. The topological polar surface area (TPSA) is 18.5 Å². The number of alkyl halides is 3. The van der Waals surface area contributed by atoms with E-state index < -0.39 is 40.9 Å². The monoisotopic (exact) mass is 488 g/mol. The Hall–Kier alpha value is -2.38. The van der Waals surface area contributed by atoms with E-state index >= 15 is 0 Å². The van der Waals surface area contributed by atoms with E-state index in [1.54, 1.807) is 12.1 Å². The van der Waals surface area contributed by atoms with Crippen LogP contribution >= 0.6 is 0 Å². The molecule has 1 aliphatic rings. The quantitative estimate of drug-likeness (QED) is 0.260. The van der Waals surface area contributed by atoms with Crippen LogP contribution < -0.4 is 9.47 Å². The maximum absolute atomic E-state index is 14.9. The molecule has 1 saturated carbocycles. The van der Waals surface area contributed by atoms with Gasteiger partial charge in [0, 0.05) is 0 Å². The van der Waals surface area contributed by atoms with Crippen LogP contribution in [0.3, 0.4) is 0 Å². The Bertz CT molecular complexity index is 947. The minimum absolute atomic E-state index is 0.0560. The summed E-state index contributed by atoms with van der Waals surface area (Å²) in [6, 6.07) is 6.36. The highest BCUT2D eigenvalue weighted by molar-refractivity contribution is 5.73. The van der Waals surface area contributed by atoms with Crippen molar-refractivity contribution in [1.82, 2.24) is 0 Å². The van der Waals surface area contributed by atoms with E-state index in [0.717, 1.165) is 31.4 Å². The van der Waals surface area contributed by atoms with E-state index in [-0.39, 0.29) is 5.56 Å². The first-order valence-electron chi connectivity index (χ1n) is 11.7. The number of ether oxygens (including phenoxy) is 2. The van der Waals surface area contributed by atoms with Crippen LogP contribution in [0.1, 0.15) is 63.9 Å². The maximum Gasteiger partial charge on any atom is 0.573 e. The van der Waals surface area contributed by atoms with Gasteiger partial charge in [0.15, 0.2) is 11.6 Å². The highest BCUT2D eigenvalue weighted by Gasteiger charge is 2.37. The Labute approximate surface area is 196 Å². The number of rotatable bonds is 9. The Kier molecular flexibility index (Phi) is 8.77. The second kappa shape index (κ2) is 11.4. The summed E-state index contributed by atoms with van der Waals surface area (Å²) < 4.78 is 89.3. The molecule has 1 aliphatic carbocycles. The van der Waals surface area contributed by atoms with Gasteiger partial charge in [-0.15, -0.1) is 13.2 Å². The largest absolute Gasteiger partial charge is 0.573 e. The molecular weight excluding hydrogens is 458 g/mol. The van der Waals surface area contributed by atoms with Gasteiger partial charge in [0.2, 0.25) is 17.4 Å². The van der Waals surface area contributed by atoms with Crippen LogP contribution in [0.25, 0.3) is 11.1 Å². The number of aryl methyl sites for hydroxylation is 1. The molecule has 0 heterocycles. The van der Waals surface area contributed by atoms with Gasteiger partial charge in [-0.05, 0) is 35.8 Å². The van der Waals surface area contributed by atoms with Crippen LogP contribution in [-0.4, -0.2) is 13.5 Å². The average molecular weight is 489 g/mol. The lowest BCUT2D eigenvalue weighted by molar-refractivity contribution is -0.276. The van der Waals surface area contributed by atoms with Crippen molar-refractivity contribution in [2.24, 2.45) is 11.8 Å². The molecule has 0 bridgehead atoms. The number of hydrogen-bond donors (Lipinski definition) is 0. The van der Waals surface area contributed by atoms with Crippen molar-refractivity contribution >= 4 is 0 Å². The minimum atomic E-state index is -5.39. The molecule has 3 rings (SSSR count). The van der Waals surface area contributed by atoms with Crippen molar-refractivity contribution in [2.75, 3.05) is 7.11 Å². The summed E-state index contributed by atoms with van der Waals surface area (Å²) in [4.78, 5) is 0. The fourth-order valence-electron chi connectivity index (χ4n) is 4.78. The third-order valence-corrected chi connectivity index (χ3v) is 6.68. The molecule has 8 heteroatoms. The fourth-order valence-corrected chi connectivity index (χ4v) is 4.78. The van der Waals surface area contributed by atoms with Gasteiger partial charge in [0.05, 0.1) is 12.7 Å². The molecule has 0 aliphatic heterocycles. The van der Waals surface area contributed by atoms with Crippen LogP contribution in [0.2, 0.25) is 0 Å². The number of hydrogen-bond acceptors (Lipinski definition) is 2. The van der Waals surface area contributed by atoms with Gasteiger partial charge >= 0.3 is 6.36 Å². The van der Waals surface area contributed by atoms with Crippen molar-refractivity contribution in [2.45, 2.75) is 71.1 Å². The van der Waals surface area contributed by atoms with Gasteiger partial charge in [-0.25, -0.2) is 4.39 Å². The summed E-state index contributed by atoms with van der Waals surface area (Å²) >= 11 is 0. The first-order chi connectivity index (χ1) is 16.1. The molecule has 188 valence electrons. The van der Waals surface area contributed by atoms with Gasteiger partial charge in [0.25, 0.3) is 0 Å². The van der Waals surface area contributed by atoms with Crippen LogP contribution in [0, 0.1) is 29.3 Å². The zero-order chi connectivity index (χ0) is 24.9. The summed E-state index contributed by atoms with van der Waals surface area (Å²) in [7, 11) is 0.983. The smallest absolute Gasteiger partial charge is 0.493 e. The highest BCUT2D eigenvalue weighted by Crippen LogP contribution is 2.43. The summed E-state index contributed by atoms with van der Waals surface area (Å²) in [6.45, 7) is 2.21. The van der Waals surface area contributed by atoms with E-state index in [1.165, 1.54) is 57.1 Å². The third kappa shape index (κ3) is 6.39. The Morgan fingerprint density at radius 1 is 0.824 bits per heavy atom. The predicted octanol–water partition coefficient (Wildman–Crippen LogP) is 8.61. The van der Waals surface area contributed by atoms with Crippen molar-refractivity contribution < 1.29 is 35.8 Å². The van der Waals surface area contributed by atoms with E-state index in [2.05, 4.69) is 11.7 Å². The molecule has 0 N–H and O–H groups in total. The van der Waals surface area contributed by atoms with Crippen molar-refractivity contribution in [3.63, 3.8) is 0 Å². The standard InChI is InChI=1S/C26H30F6O2/c1-3-4-5-16-6-8-17(9-7-16)10-11-18-12-14-19(15-13-18)20-21(27)25(34-26(30,31)32)23(29)22(28)24(20)33-2/h12-17H,3-11H2,1-2H3/t16-,17-. The van der Waals surface area contributed by atoms with Crippen molar-refractivity contribution in [3.05, 3.63) is 47.3 Å². The molecule has 34 heavy (non-hydrogen) atoms. The van der Waals surface area contributed by atoms with E-state index in [0.29, 0.717) is 5.92 Å². The second-order valence-electron chi connectivity index (χ2n) is 8.99. The van der Waals surface area contributed by atoms with E-state index in [4.69, 9.17) is 4.74 Å². The predicted molar refractivity (Wildman–Crippen MR) is 118 cm³/mol. The Balaban J connectivity index is 1.73. The molecule has 0 saturated heterocycles. The molecule has 2 nitrogen and oxygen atoms in total. The van der Waals surface area contributed by atoms with Crippen molar-refractivity contribution in [1.29, 1.82) is 0 Å². The fraction of sp³-hybridized carbons (Fsp3) is 0.538. The van der Waals surface area contributed by atoms with Gasteiger partial charge in [-0.3, -0.25) is 0 Å². The minimum Gasteiger partial charge on any atom is -0.493 e. The van der Waals surface area contributed by atoms with Gasteiger partial charge < -0.3 is 9.47 Å². The Morgan fingerprint density at radius 3 is 1.91 bits per heavy atom. The van der Waals surface area contributed by atoms with E-state index in [1.807, 2.05) is 0 Å². The number of unbranched alkanes of at least 4 members (excludes halogenated alkanes) is 1. The molecule has 1 fully saturated rings. The molecular formula is C26H30F6O2. The highest BCUT2D eigenvalue weighted by atomic mass is 19.4. The van der Waals surface area contributed by atoms with Gasteiger partial charge in [0.1, 0.15) is 0 Å². The van der Waals surface area contributed by atoms with Gasteiger partial charge in [-0.1, -0.05) is 76.1 Å². The van der Waals surface area contributed by atoms with Crippen LogP contribution in [0.5, 0.6) is 11.5 Å². The molecule has 0 atom stereocenters. The van der Waals surface area contributed by atoms with Crippen LogP contribution in [-0.2, 0) is 6.42 Å². The second-order valence-corrected chi connectivity index (χ2v) is 8.99. The number of benzene rings is 2. The zero-order valence-corrected chi connectivity index (χ0v) is 19.4. The van der Waals surface area contributed by atoms with Crippen LogP contribution in [0.15, 0.2) is 24.3 Å².